The van der Waals surface area contributed by atoms with Crippen LogP contribution in [0.4, 0.5) is 11.5 Å². The molecule has 9 nitrogen and oxygen atoms in total. The number of hydrogen-bond donors (Lipinski definition) is 1. The molecule has 1 aliphatic carbocycles. The van der Waals surface area contributed by atoms with Crippen LogP contribution >= 0.6 is 0 Å². The van der Waals surface area contributed by atoms with E-state index in [1.54, 1.807) is 4.90 Å². The molecule has 1 aromatic heterocycles. The van der Waals surface area contributed by atoms with E-state index in [4.69, 9.17) is 4.74 Å². The van der Waals surface area contributed by atoms with Gasteiger partial charge in [0, 0.05) is 26.1 Å². The molecule has 2 aliphatic heterocycles. The lowest BCUT2D eigenvalue weighted by Crippen LogP contribution is -2.55. The van der Waals surface area contributed by atoms with Gasteiger partial charge < -0.3 is 19.9 Å². The minimum Gasteiger partial charge on any atom is -0.467 e. The zero-order valence-corrected chi connectivity index (χ0v) is 19.8. The van der Waals surface area contributed by atoms with Crippen LogP contribution in [-0.2, 0) is 27.8 Å². The highest BCUT2D eigenvalue weighted by Crippen LogP contribution is 2.46. The molecule has 5 rings (SSSR count). The molecule has 0 radical (unpaired) electrons. The number of carbonyl (C=O) groups excluding carboxylic acids is 2. The molecule has 1 N–H and O–H groups in total. The first-order chi connectivity index (χ1) is 17.0. The van der Waals surface area contributed by atoms with Gasteiger partial charge in [-0.15, -0.1) is 0 Å². The molecule has 0 bridgehead atoms. The van der Waals surface area contributed by atoms with Gasteiger partial charge in [-0.05, 0) is 36.5 Å². The summed E-state index contributed by atoms with van der Waals surface area (Å²) in [7, 11) is 1.53. The Kier molecular flexibility index (Phi) is 5.89. The number of benzene rings is 1. The van der Waals surface area contributed by atoms with Crippen molar-refractivity contribution in [2.75, 3.05) is 37.0 Å². The summed E-state index contributed by atoms with van der Waals surface area (Å²) in [6, 6.07) is 10.3. The largest absolute Gasteiger partial charge is 0.467 e. The molecule has 3 heterocycles. The van der Waals surface area contributed by atoms with E-state index in [0.717, 1.165) is 30.5 Å². The number of methoxy groups -OCH3 is 1. The average molecular weight is 473 g/mol. The van der Waals surface area contributed by atoms with Crippen molar-refractivity contribution in [2.24, 2.45) is 0 Å². The lowest BCUT2D eigenvalue weighted by molar-refractivity contribution is -0.128. The monoisotopic (exact) mass is 472 g/mol. The normalized spacial score (nSPS) is 23.1. The van der Waals surface area contributed by atoms with Crippen molar-refractivity contribution in [3.63, 3.8) is 0 Å². The molecule has 0 saturated carbocycles. The van der Waals surface area contributed by atoms with Crippen LogP contribution in [0.15, 0.2) is 36.9 Å². The van der Waals surface area contributed by atoms with Gasteiger partial charge >= 0.3 is 6.01 Å². The first-order valence-electron chi connectivity index (χ1n) is 11.9. The molecule has 35 heavy (non-hydrogen) atoms. The number of nitrogens with one attached hydrogen (secondary N) is 1. The zero-order chi connectivity index (χ0) is 24.6. The number of carbonyl (C=O) groups is 2. The quantitative estimate of drug-likeness (QED) is 0.680. The van der Waals surface area contributed by atoms with E-state index < -0.39 is 5.41 Å². The average Bonchev–Trinajstić information content (AvgIpc) is 2.89. The predicted molar refractivity (Wildman–Crippen MR) is 130 cm³/mol. The molecule has 1 spiro atoms. The summed E-state index contributed by atoms with van der Waals surface area (Å²) in [5.41, 5.74) is 2.94. The predicted octanol–water partition coefficient (Wildman–Crippen LogP) is 2.37. The maximum absolute atomic E-state index is 13.7. The van der Waals surface area contributed by atoms with Crippen molar-refractivity contribution in [2.45, 2.75) is 43.6 Å². The second-order valence-electron chi connectivity index (χ2n) is 9.28. The highest BCUT2D eigenvalue weighted by Gasteiger charge is 2.48. The van der Waals surface area contributed by atoms with Crippen LogP contribution in [0.2, 0.25) is 0 Å². The highest BCUT2D eigenvalue weighted by molar-refractivity contribution is 6.04. The van der Waals surface area contributed by atoms with Crippen molar-refractivity contribution in [3.05, 3.63) is 53.7 Å². The van der Waals surface area contributed by atoms with Crippen LogP contribution in [0.1, 0.15) is 36.1 Å². The lowest BCUT2D eigenvalue weighted by Gasteiger charge is -2.44. The Hall–Kier alpha value is -3.93. The first kappa shape index (κ1) is 22.8. The van der Waals surface area contributed by atoms with Gasteiger partial charge in [0.2, 0.25) is 11.8 Å². The van der Waals surface area contributed by atoms with Crippen LogP contribution in [0.25, 0.3) is 0 Å². The summed E-state index contributed by atoms with van der Waals surface area (Å²) in [6.07, 6.45) is 4.58. The van der Waals surface area contributed by atoms with Gasteiger partial charge in [-0.3, -0.25) is 9.59 Å². The number of ether oxygens (including phenoxy) is 1. The third-order valence-corrected chi connectivity index (χ3v) is 7.42. The summed E-state index contributed by atoms with van der Waals surface area (Å²) in [6.45, 7) is 4.91. The summed E-state index contributed by atoms with van der Waals surface area (Å²) >= 11 is 0. The van der Waals surface area contributed by atoms with E-state index in [1.165, 1.54) is 18.7 Å². The Labute approximate surface area is 204 Å². The van der Waals surface area contributed by atoms with E-state index >= 15 is 0 Å². The Balaban J connectivity index is 1.54. The van der Waals surface area contributed by atoms with E-state index in [2.05, 4.69) is 40.1 Å². The van der Waals surface area contributed by atoms with Gasteiger partial charge in [0.05, 0.1) is 36.8 Å². The van der Waals surface area contributed by atoms with Crippen LogP contribution in [0.3, 0.4) is 0 Å². The smallest absolute Gasteiger partial charge is 0.318 e. The summed E-state index contributed by atoms with van der Waals surface area (Å²) < 4.78 is 5.44. The van der Waals surface area contributed by atoms with Gasteiger partial charge in [0.1, 0.15) is 5.69 Å². The SMILES string of the molecule is C=CC(=O)N1CCN(c2nc(OC)nc3c2NC(=O)C2(CCCc4ccccc42)C3)C[C@@H]1CC#N. The van der Waals surface area contributed by atoms with Gasteiger partial charge in [-0.1, -0.05) is 30.8 Å². The Bertz CT molecular complexity index is 1240. The molecule has 1 saturated heterocycles. The number of aryl methyl sites for hydroxylation is 1. The number of rotatable bonds is 4. The van der Waals surface area contributed by atoms with Crippen LogP contribution in [0.5, 0.6) is 6.01 Å². The third-order valence-electron chi connectivity index (χ3n) is 7.42. The lowest BCUT2D eigenvalue weighted by atomic mass is 9.65. The topological polar surface area (TPSA) is 111 Å². The fraction of sp³-hybridized carbons (Fsp3) is 0.423. The Morgan fingerprint density at radius 2 is 2.20 bits per heavy atom. The van der Waals surface area contributed by atoms with Crippen molar-refractivity contribution < 1.29 is 14.3 Å². The fourth-order valence-corrected chi connectivity index (χ4v) is 5.72. The fourth-order valence-electron chi connectivity index (χ4n) is 5.72. The number of aromatic nitrogens is 2. The maximum atomic E-state index is 13.7. The third kappa shape index (κ3) is 3.79. The van der Waals surface area contributed by atoms with Crippen LogP contribution < -0.4 is 15.0 Å². The molecular formula is C26H28N6O3. The van der Waals surface area contributed by atoms with Gasteiger partial charge in [0.15, 0.2) is 5.82 Å². The number of hydrogen-bond acceptors (Lipinski definition) is 7. The molecule has 180 valence electrons. The molecular weight excluding hydrogens is 444 g/mol. The number of amides is 2. The number of piperazine rings is 1. The molecule has 1 aromatic carbocycles. The van der Waals surface area contributed by atoms with E-state index in [-0.39, 0.29) is 30.3 Å². The van der Waals surface area contributed by atoms with E-state index in [9.17, 15) is 14.9 Å². The second kappa shape index (κ2) is 9.02. The standard InChI is InChI=1S/C26H28N6O3/c1-3-21(33)32-14-13-31(16-18(32)10-12-27)23-22-20(28-25(30-23)35-2)15-26(24(34)29-22)11-6-8-17-7-4-5-9-19(17)26/h3-5,7,9,18H,1,6,8,10-11,13-16H2,2H3,(H,29,34)/t18-,26?/m0/s1. The molecule has 1 fully saturated rings. The van der Waals surface area contributed by atoms with E-state index in [0.29, 0.717) is 37.6 Å². The number of anilines is 2. The summed E-state index contributed by atoms with van der Waals surface area (Å²) in [5, 5.41) is 12.5. The van der Waals surface area contributed by atoms with Crippen LogP contribution in [0, 0.1) is 11.3 Å². The summed E-state index contributed by atoms with van der Waals surface area (Å²) in [5.74, 6) is 0.326. The Morgan fingerprint density at radius 3 is 2.97 bits per heavy atom. The highest BCUT2D eigenvalue weighted by atomic mass is 16.5. The van der Waals surface area contributed by atoms with Gasteiger partial charge in [-0.25, -0.2) is 0 Å². The van der Waals surface area contributed by atoms with Crippen LogP contribution in [-0.4, -0.2) is 59.5 Å². The molecule has 2 atom stereocenters. The zero-order valence-electron chi connectivity index (χ0n) is 19.8. The Morgan fingerprint density at radius 1 is 1.37 bits per heavy atom. The number of fused-ring (bicyclic) bond motifs is 3. The van der Waals surface area contributed by atoms with Crippen molar-refractivity contribution in [1.82, 2.24) is 14.9 Å². The second-order valence-corrected chi connectivity index (χ2v) is 9.28. The number of nitriles is 1. The van der Waals surface area contributed by atoms with Gasteiger partial charge in [-0.2, -0.15) is 15.2 Å². The maximum Gasteiger partial charge on any atom is 0.318 e. The molecule has 2 amide bonds. The van der Waals surface area contributed by atoms with Crippen molar-refractivity contribution in [1.29, 1.82) is 5.26 Å². The first-order valence-corrected chi connectivity index (χ1v) is 11.9. The minimum absolute atomic E-state index is 0.0405. The molecule has 9 heteroatoms. The molecule has 1 unspecified atom stereocenters. The number of nitrogens with zero attached hydrogens (tertiary/aromatic N) is 5. The molecule has 2 aromatic rings. The minimum atomic E-state index is -0.670. The van der Waals surface area contributed by atoms with Crippen molar-refractivity contribution >= 4 is 23.3 Å². The molecule has 3 aliphatic rings. The van der Waals surface area contributed by atoms with Gasteiger partial charge in [0.25, 0.3) is 0 Å². The van der Waals surface area contributed by atoms with E-state index in [1.807, 2.05) is 17.0 Å². The van der Waals surface area contributed by atoms with Crippen molar-refractivity contribution in [3.8, 4) is 12.1 Å². The summed E-state index contributed by atoms with van der Waals surface area (Å²) in [4.78, 5) is 39.0.